The lowest BCUT2D eigenvalue weighted by molar-refractivity contribution is 0.0899. The van der Waals surface area contributed by atoms with E-state index < -0.39 is 0 Å². The maximum Gasteiger partial charge on any atom is 0.271 e. The number of rotatable bonds is 3. The minimum atomic E-state index is -0.123. The third-order valence-electron chi connectivity index (χ3n) is 4.10. The summed E-state index contributed by atoms with van der Waals surface area (Å²) in [4.78, 5) is 16.7. The fraction of sp³-hybridized carbons (Fsp3) is 0.529. The molecule has 2 atom stereocenters. The molecule has 2 unspecified atom stereocenters. The Morgan fingerprint density at radius 3 is 3.05 bits per heavy atom. The minimum absolute atomic E-state index is 0.123. The van der Waals surface area contributed by atoms with Gasteiger partial charge in [-0.15, -0.1) is 0 Å². The zero-order chi connectivity index (χ0) is 15.1. The molecule has 1 aromatic rings. The maximum absolute atomic E-state index is 12.5. The molecule has 1 aliphatic rings. The van der Waals surface area contributed by atoms with Gasteiger partial charge >= 0.3 is 0 Å². The monoisotopic (exact) mass is 285 g/mol. The van der Waals surface area contributed by atoms with Crippen molar-refractivity contribution in [2.75, 3.05) is 6.54 Å². The van der Waals surface area contributed by atoms with Crippen molar-refractivity contribution in [3.05, 3.63) is 29.6 Å². The van der Waals surface area contributed by atoms with Crippen LogP contribution < -0.4 is 11.1 Å². The van der Waals surface area contributed by atoms with Gasteiger partial charge in [0.25, 0.3) is 5.91 Å². The lowest BCUT2D eigenvalue weighted by atomic mass is 9.83. The number of nitrogens with zero attached hydrogens (tertiary/aromatic N) is 1. The minimum Gasteiger partial charge on any atom is -0.348 e. The predicted octanol–water partition coefficient (Wildman–Crippen LogP) is 2.09. The first kappa shape index (κ1) is 15.5. The number of pyridine rings is 1. The molecule has 112 valence electrons. The smallest absolute Gasteiger partial charge is 0.271 e. The van der Waals surface area contributed by atoms with Crippen LogP contribution in [0.5, 0.6) is 0 Å². The van der Waals surface area contributed by atoms with Crippen LogP contribution in [0.2, 0.25) is 0 Å². The summed E-state index contributed by atoms with van der Waals surface area (Å²) in [6, 6.07) is 3.85. The number of carbonyl (C=O) groups is 1. The van der Waals surface area contributed by atoms with E-state index in [9.17, 15) is 4.79 Å². The molecule has 1 heterocycles. The van der Waals surface area contributed by atoms with E-state index in [1.165, 1.54) is 19.3 Å². The molecule has 4 heteroatoms. The summed E-state index contributed by atoms with van der Waals surface area (Å²) in [6.45, 7) is 2.46. The number of nitrogens with two attached hydrogens (primary N) is 1. The Balaban J connectivity index is 2.13. The third-order valence-corrected chi connectivity index (χ3v) is 4.10. The van der Waals surface area contributed by atoms with Gasteiger partial charge in [-0.3, -0.25) is 4.79 Å². The van der Waals surface area contributed by atoms with E-state index in [4.69, 9.17) is 5.73 Å². The molecule has 0 spiro atoms. The molecule has 21 heavy (non-hydrogen) atoms. The summed E-state index contributed by atoms with van der Waals surface area (Å²) in [5.74, 6) is 6.15. The van der Waals surface area contributed by atoms with Crippen LogP contribution in [-0.2, 0) is 0 Å². The summed E-state index contributed by atoms with van der Waals surface area (Å²) in [7, 11) is 0. The lowest BCUT2D eigenvalue weighted by Crippen LogP contribution is -2.42. The van der Waals surface area contributed by atoms with Crippen LogP contribution in [0.25, 0.3) is 0 Å². The van der Waals surface area contributed by atoms with Crippen LogP contribution in [0.15, 0.2) is 18.3 Å². The Labute approximate surface area is 126 Å². The summed E-state index contributed by atoms with van der Waals surface area (Å²) < 4.78 is 0. The average molecular weight is 285 g/mol. The van der Waals surface area contributed by atoms with Crippen LogP contribution >= 0.6 is 0 Å². The molecule has 2 rings (SSSR count). The number of amides is 1. The molecule has 1 amide bonds. The molecule has 1 fully saturated rings. The van der Waals surface area contributed by atoms with Crippen LogP contribution in [0.3, 0.4) is 0 Å². The molecule has 4 nitrogen and oxygen atoms in total. The Bertz CT molecular complexity index is 544. The highest BCUT2D eigenvalue weighted by Gasteiger charge is 2.26. The second-order valence-electron chi connectivity index (χ2n) is 5.44. The highest BCUT2D eigenvalue weighted by molar-refractivity contribution is 5.94. The van der Waals surface area contributed by atoms with Crippen molar-refractivity contribution in [2.24, 2.45) is 11.7 Å². The first-order valence-electron chi connectivity index (χ1n) is 7.71. The van der Waals surface area contributed by atoms with Gasteiger partial charge in [0.15, 0.2) is 0 Å². The van der Waals surface area contributed by atoms with Crippen LogP contribution in [0.1, 0.15) is 55.1 Å². The van der Waals surface area contributed by atoms with E-state index in [1.807, 2.05) is 6.07 Å². The third kappa shape index (κ3) is 4.05. The second-order valence-corrected chi connectivity index (χ2v) is 5.44. The van der Waals surface area contributed by atoms with Crippen molar-refractivity contribution in [1.82, 2.24) is 10.3 Å². The largest absolute Gasteiger partial charge is 0.348 e. The zero-order valence-electron chi connectivity index (χ0n) is 12.6. The summed E-state index contributed by atoms with van der Waals surface area (Å²) in [6.07, 6.45) is 7.43. The first-order chi connectivity index (χ1) is 10.3. The highest BCUT2D eigenvalue weighted by atomic mass is 16.1. The summed E-state index contributed by atoms with van der Waals surface area (Å²) in [5, 5.41) is 3.15. The molecule has 0 aliphatic heterocycles. The maximum atomic E-state index is 12.5. The van der Waals surface area contributed by atoms with Gasteiger partial charge in [-0.25, -0.2) is 4.98 Å². The Kier molecular flexibility index (Phi) is 5.77. The van der Waals surface area contributed by atoms with E-state index in [0.717, 1.165) is 12.8 Å². The predicted molar refractivity (Wildman–Crippen MR) is 83.7 cm³/mol. The van der Waals surface area contributed by atoms with E-state index in [0.29, 0.717) is 17.2 Å². The van der Waals surface area contributed by atoms with Crippen molar-refractivity contribution < 1.29 is 4.79 Å². The SMILES string of the molecule is CCC1CCCCC1NC(=O)c1ncccc1C#CCN. The molecular formula is C17H23N3O. The van der Waals surface area contributed by atoms with Crippen molar-refractivity contribution in [3.63, 3.8) is 0 Å². The van der Waals surface area contributed by atoms with E-state index in [1.54, 1.807) is 12.3 Å². The van der Waals surface area contributed by atoms with Crippen molar-refractivity contribution in [3.8, 4) is 11.8 Å². The van der Waals surface area contributed by atoms with Gasteiger partial charge in [0.05, 0.1) is 12.1 Å². The van der Waals surface area contributed by atoms with Gasteiger partial charge < -0.3 is 11.1 Å². The lowest BCUT2D eigenvalue weighted by Gasteiger charge is -2.31. The molecule has 3 N–H and O–H groups in total. The van der Waals surface area contributed by atoms with Crippen LogP contribution in [-0.4, -0.2) is 23.5 Å². The van der Waals surface area contributed by atoms with Crippen LogP contribution in [0.4, 0.5) is 0 Å². The first-order valence-corrected chi connectivity index (χ1v) is 7.71. The van der Waals surface area contributed by atoms with Crippen molar-refractivity contribution >= 4 is 5.91 Å². The summed E-state index contributed by atoms with van der Waals surface area (Å²) in [5.41, 5.74) is 6.44. The number of hydrogen-bond donors (Lipinski definition) is 2. The Morgan fingerprint density at radius 2 is 2.29 bits per heavy atom. The molecule has 1 aromatic heterocycles. The number of hydrogen-bond acceptors (Lipinski definition) is 3. The molecular weight excluding hydrogens is 262 g/mol. The molecule has 0 bridgehead atoms. The normalized spacial score (nSPS) is 21.2. The standard InChI is InChI=1S/C17H23N3O/c1-2-13-7-3-4-10-15(13)20-17(21)16-14(8-5-11-18)9-6-12-19-16/h6,9,12-13,15H,2-4,7,10-11,18H2,1H3,(H,20,21). The molecule has 0 saturated heterocycles. The van der Waals surface area contributed by atoms with Gasteiger partial charge in [0, 0.05) is 12.2 Å². The van der Waals surface area contributed by atoms with E-state index >= 15 is 0 Å². The molecule has 0 aromatic carbocycles. The van der Waals surface area contributed by atoms with Crippen molar-refractivity contribution in [1.29, 1.82) is 0 Å². The fourth-order valence-electron chi connectivity index (χ4n) is 2.96. The van der Waals surface area contributed by atoms with E-state index in [2.05, 4.69) is 29.1 Å². The van der Waals surface area contributed by atoms with Crippen LogP contribution in [0, 0.1) is 17.8 Å². The fourth-order valence-corrected chi connectivity index (χ4v) is 2.96. The molecule has 1 aliphatic carbocycles. The summed E-state index contributed by atoms with van der Waals surface area (Å²) >= 11 is 0. The quantitative estimate of drug-likeness (QED) is 0.836. The number of aromatic nitrogens is 1. The van der Waals surface area contributed by atoms with Crippen molar-refractivity contribution in [2.45, 2.75) is 45.1 Å². The Hall–Kier alpha value is -1.86. The topological polar surface area (TPSA) is 68.0 Å². The van der Waals surface area contributed by atoms with E-state index in [-0.39, 0.29) is 18.5 Å². The molecule has 1 saturated carbocycles. The Morgan fingerprint density at radius 1 is 1.48 bits per heavy atom. The average Bonchev–Trinajstić information content (AvgIpc) is 2.53. The van der Waals surface area contributed by atoms with Gasteiger partial charge in [0.1, 0.15) is 5.69 Å². The number of nitrogens with one attached hydrogen (secondary N) is 1. The second kappa shape index (κ2) is 7.80. The zero-order valence-corrected chi connectivity index (χ0v) is 12.6. The molecule has 0 radical (unpaired) electrons. The van der Waals surface area contributed by atoms with Gasteiger partial charge in [-0.2, -0.15) is 0 Å². The van der Waals surface area contributed by atoms with Gasteiger partial charge in [-0.05, 0) is 30.9 Å². The number of carbonyl (C=O) groups excluding carboxylic acids is 1. The van der Waals surface area contributed by atoms with Gasteiger partial charge in [0.2, 0.25) is 0 Å². The van der Waals surface area contributed by atoms with Gasteiger partial charge in [-0.1, -0.05) is 38.0 Å². The highest BCUT2D eigenvalue weighted by Crippen LogP contribution is 2.27.